The highest BCUT2D eigenvalue weighted by Gasteiger charge is 2.16. The first-order valence-corrected chi connectivity index (χ1v) is 11.2. The summed E-state index contributed by atoms with van der Waals surface area (Å²) in [5.74, 6) is 1.41. The van der Waals surface area contributed by atoms with Gasteiger partial charge in [0.2, 0.25) is 0 Å². The van der Waals surface area contributed by atoms with E-state index in [-0.39, 0.29) is 0 Å². The molecule has 0 amide bonds. The predicted molar refractivity (Wildman–Crippen MR) is 131 cm³/mol. The van der Waals surface area contributed by atoms with Crippen LogP contribution in [-0.4, -0.2) is 46.2 Å². The van der Waals surface area contributed by atoms with Gasteiger partial charge in [0.15, 0.2) is 11.6 Å². The molecule has 0 bridgehead atoms. The summed E-state index contributed by atoms with van der Waals surface area (Å²) in [6, 6.07) is 10.3. The lowest BCUT2D eigenvalue weighted by atomic mass is 10.0. The van der Waals surface area contributed by atoms with Crippen molar-refractivity contribution in [3.8, 4) is 28.5 Å². The van der Waals surface area contributed by atoms with E-state index in [0.717, 1.165) is 68.9 Å². The van der Waals surface area contributed by atoms with E-state index in [0.29, 0.717) is 5.82 Å². The Kier molecular flexibility index (Phi) is 4.88. The molecule has 0 spiro atoms. The van der Waals surface area contributed by atoms with Crippen LogP contribution in [0.1, 0.15) is 18.2 Å². The number of nitrogens with zero attached hydrogens (tertiary/aromatic N) is 6. The molecule has 0 saturated heterocycles. The molecular weight excluding hydrogens is 426 g/mol. The van der Waals surface area contributed by atoms with E-state index in [2.05, 4.69) is 60.6 Å². The molecule has 0 aliphatic carbocycles. The third-order valence-corrected chi connectivity index (χ3v) is 5.83. The van der Waals surface area contributed by atoms with Crippen LogP contribution in [0.25, 0.3) is 50.4 Å². The molecule has 0 fully saturated rings. The smallest absolute Gasteiger partial charge is 0.166 e. The molecule has 6 rings (SSSR count). The first-order chi connectivity index (χ1) is 16.7. The number of benzene rings is 1. The fourth-order valence-electron chi connectivity index (χ4n) is 4.15. The van der Waals surface area contributed by atoms with Crippen molar-refractivity contribution < 1.29 is 0 Å². The van der Waals surface area contributed by atoms with Crippen LogP contribution >= 0.6 is 0 Å². The van der Waals surface area contributed by atoms with Gasteiger partial charge in [0, 0.05) is 42.3 Å². The molecule has 0 radical (unpaired) electrons. The zero-order valence-electron chi connectivity index (χ0n) is 18.9. The number of nitrogens with one attached hydrogen (secondary N) is 3. The van der Waals surface area contributed by atoms with Crippen molar-refractivity contribution in [2.45, 2.75) is 20.4 Å². The van der Waals surface area contributed by atoms with Gasteiger partial charge in [-0.15, -0.1) is 0 Å². The van der Waals surface area contributed by atoms with Gasteiger partial charge in [-0.25, -0.2) is 15.0 Å². The van der Waals surface area contributed by atoms with Gasteiger partial charge >= 0.3 is 0 Å². The van der Waals surface area contributed by atoms with Crippen molar-refractivity contribution in [1.29, 1.82) is 0 Å². The van der Waals surface area contributed by atoms with Crippen LogP contribution in [-0.2, 0) is 6.54 Å². The van der Waals surface area contributed by atoms with E-state index in [1.54, 1.807) is 12.5 Å². The predicted octanol–water partition coefficient (Wildman–Crippen LogP) is 4.17. The second-order valence-corrected chi connectivity index (χ2v) is 8.23. The molecule has 1 aromatic carbocycles. The molecule has 9 nitrogen and oxygen atoms in total. The van der Waals surface area contributed by atoms with Crippen LogP contribution in [0, 0.1) is 6.92 Å². The summed E-state index contributed by atoms with van der Waals surface area (Å²) in [6.45, 7) is 5.76. The Morgan fingerprint density at radius 1 is 1.03 bits per heavy atom. The summed E-state index contributed by atoms with van der Waals surface area (Å²) < 4.78 is 1.89. The van der Waals surface area contributed by atoms with Gasteiger partial charge < -0.3 is 10.3 Å². The fraction of sp³-hybridized carbons (Fsp3) is 0.160. The number of hydrogen-bond acceptors (Lipinski definition) is 6. The molecular formula is C25H23N9. The van der Waals surface area contributed by atoms with E-state index in [9.17, 15) is 0 Å². The topological polar surface area (TPSA) is 113 Å². The molecule has 9 heteroatoms. The van der Waals surface area contributed by atoms with E-state index in [4.69, 9.17) is 4.98 Å². The Morgan fingerprint density at radius 2 is 1.97 bits per heavy atom. The molecule has 5 heterocycles. The summed E-state index contributed by atoms with van der Waals surface area (Å²) in [4.78, 5) is 21.6. The number of pyridine rings is 2. The molecule has 0 saturated carbocycles. The number of imidazole rings is 2. The summed E-state index contributed by atoms with van der Waals surface area (Å²) >= 11 is 0. The number of aromatic nitrogens is 8. The van der Waals surface area contributed by atoms with Crippen LogP contribution in [0.3, 0.4) is 0 Å². The Labute approximate surface area is 195 Å². The van der Waals surface area contributed by atoms with Crippen LogP contribution in [0.2, 0.25) is 0 Å². The van der Waals surface area contributed by atoms with Crippen LogP contribution in [0.4, 0.5) is 0 Å². The minimum Gasteiger partial charge on any atom is -0.336 e. The third kappa shape index (κ3) is 3.52. The molecule has 0 atom stereocenters. The third-order valence-electron chi connectivity index (χ3n) is 5.83. The summed E-state index contributed by atoms with van der Waals surface area (Å²) in [5.41, 5.74) is 7.58. The Morgan fingerprint density at radius 3 is 2.82 bits per heavy atom. The quantitative estimate of drug-likeness (QED) is 0.352. The van der Waals surface area contributed by atoms with Crippen molar-refractivity contribution in [2.24, 2.45) is 0 Å². The number of H-pyrrole nitrogens is 2. The van der Waals surface area contributed by atoms with Crippen LogP contribution < -0.4 is 5.32 Å². The number of aromatic amines is 2. The number of hydrogen-bond donors (Lipinski definition) is 3. The maximum atomic E-state index is 4.87. The van der Waals surface area contributed by atoms with E-state index in [1.807, 2.05) is 42.2 Å². The average molecular weight is 450 g/mol. The van der Waals surface area contributed by atoms with Gasteiger partial charge in [0.1, 0.15) is 17.5 Å². The summed E-state index contributed by atoms with van der Waals surface area (Å²) in [5, 5.41) is 12.0. The molecule has 5 aromatic heterocycles. The molecule has 0 aliphatic rings. The van der Waals surface area contributed by atoms with Crippen molar-refractivity contribution >= 4 is 21.9 Å². The maximum absolute atomic E-state index is 4.87. The molecule has 0 aliphatic heterocycles. The van der Waals surface area contributed by atoms with Crippen molar-refractivity contribution in [2.75, 3.05) is 6.54 Å². The number of rotatable bonds is 6. The Bertz CT molecular complexity index is 1620. The van der Waals surface area contributed by atoms with E-state index in [1.165, 1.54) is 0 Å². The Hall–Kier alpha value is -4.37. The Balaban J connectivity index is 1.44. The lowest BCUT2D eigenvalue weighted by Gasteiger charge is -2.06. The zero-order valence-corrected chi connectivity index (χ0v) is 18.9. The number of fused-ring (bicyclic) bond motifs is 2. The minimum atomic E-state index is 0.684. The van der Waals surface area contributed by atoms with Gasteiger partial charge in [-0.05, 0) is 48.9 Å². The van der Waals surface area contributed by atoms with E-state index < -0.39 is 0 Å². The van der Waals surface area contributed by atoms with Gasteiger partial charge in [0.05, 0.1) is 16.7 Å². The van der Waals surface area contributed by atoms with E-state index >= 15 is 0 Å². The van der Waals surface area contributed by atoms with Crippen LogP contribution in [0.5, 0.6) is 0 Å². The fourth-order valence-corrected chi connectivity index (χ4v) is 4.15. The largest absolute Gasteiger partial charge is 0.336 e. The lowest BCUT2D eigenvalue weighted by molar-refractivity contribution is 0.724. The van der Waals surface area contributed by atoms with Gasteiger partial charge in [-0.2, -0.15) is 5.10 Å². The highest BCUT2D eigenvalue weighted by atomic mass is 15.2. The monoisotopic (exact) mass is 449 g/mol. The van der Waals surface area contributed by atoms with Gasteiger partial charge in [0.25, 0.3) is 0 Å². The van der Waals surface area contributed by atoms with Gasteiger partial charge in [-0.3, -0.25) is 14.6 Å². The second-order valence-electron chi connectivity index (χ2n) is 8.23. The zero-order chi connectivity index (χ0) is 23.1. The highest BCUT2D eigenvalue weighted by molar-refractivity contribution is 5.96. The molecule has 6 aromatic rings. The molecule has 0 unspecified atom stereocenters. The maximum Gasteiger partial charge on any atom is 0.166 e. The normalized spacial score (nSPS) is 11.6. The molecule has 34 heavy (non-hydrogen) atoms. The minimum absolute atomic E-state index is 0.684. The summed E-state index contributed by atoms with van der Waals surface area (Å²) in [6.07, 6.45) is 9.24. The standard InChI is InChI=1S/C25H23N9/c1-3-26-10-16-8-18(12-27-11-16)17-4-5-20-19(9-17)22(33-32-20)24-30-21-6-7-28-25(23(21)31-24)34-13-15(2)29-14-34/h4-9,11-14,26H,3,10H2,1-2H3,(H,30,31)(H,32,33). The SMILES string of the molecule is CCNCc1cncc(-c2ccc3[nH]nc(-c4nc5c(-n6cnc(C)c6)nccc5[nH]4)c3c2)c1. The first kappa shape index (κ1) is 20.3. The first-order valence-electron chi connectivity index (χ1n) is 11.2. The van der Waals surface area contributed by atoms with Crippen molar-refractivity contribution in [3.63, 3.8) is 0 Å². The van der Waals surface area contributed by atoms with Crippen LogP contribution in [0.15, 0.2) is 61.4 Å². The van der Waals surface area contributed by atoms with Gasteiger partial charge in [-0.1, -0.05) is 13.0 Å². The van der Waals surface area contributed by atoms with Crippen molar-refractivity contribution in [3.05, 3.63) is 72.7 Å². The second kappa shape index (κ2) is 8.20. The average Bonchev–Trinajstić information content (AvgIpc) is 3.59. The lowest BCUT2D eigenvalue weighted by Crippen LogP contribution is -2.11. The molecule has 3 N–H and O–H groups in total. The number of aryl methyl sites for hydroxylation is 1. The molecule has 168 valence electrons. The van der Waals surface area contributed by atoms with Crippen molar-refractivity contribution in [1.82, 2.24) is 45.0 Å². The highest BCUT2D eigenvalue weighted by Crippen LogP contribution is 2.31. The summed E-state index contributed by atoms with van der Waals surface area (Å²) in [7, 11) is 0.